The second kappa shape index (κ2) is 8.24. The minimum absolute atomic E-state index is 0.209. The quantitative estimate of drug-likeness (QED) is 0.608. The number of H-pyrrole nitrogens is 1. The van der Waals surface area contributed by atoms with Crippen molar-refractivity contribution in [3.05, 3.63) is 71.1 Å². The van der Waals surface area contributed by atoms with Gasteiger partial charge in [-0.1, -0.05) is 6.07 Å². The standard InChI is InChI=1S/C19H22N6O/c1-13-17(14(2)25-24-13)6-9-21-16-5-8-22-18(10-16)19(26)23-12-15-4-3-7-20-11-15/h3-5,7-8,10-11H,6,9,12H2,1-2H3,(H,21,22)(H,23,26)(H,24,25). The van der Waals surface area contributed by atoms with Crippen LogP contribution < -0.4 is 10.6 Å². The molecule has 3 N–H and O–H groups in total. The molecule has 3 rings (SSSR count). The molecule has 0 aliphatic rings. The van der Waals surface area contributed by atoms with Gasteiger partial charge >= 0.3 is 0 Å². The third-order valence-electron chi connectivity index (χ3n) is 4.15. The van der Waals surface area contributed by atoms with Crippen molar-refractivity contribution < 1.29 is 4.79 Å². The van der Waals surface area contributed by atoms with Crippen molar-refractivity contribution in [2.45, 2.75) is 26.8 Å². The Morgan fingerprint density at radius 2 is 2.12 bits per heavy atom. The molecule has 0 aliphatic heterocycles. The van der Waals surface area contributed by atoms with Gasteiger partial charge in [0.05, 0.1) is 5.69 Å². The van der Waals surface area contributed by atoms with Crippen molar-refractivity contribution in [2.24, 2.45) is 0 Å². The van der Waals surface area contributed by atoms with E-state index in [1.54, 1.807) is 24.7 Å². The highest BCUT2D eigenvalue weighted by molar-refractivity contribution is 5.93. The number of nitrogens with one attached hydrogen (secondary N) is 3. The summed E-state index contributed by atoms with van der Waals surface area (Å²) >= 11 is 0. The predicted molar refractivity (Wildman–Crippen MR) is 99.9 cm³/mol. The summed E-state index contributed by atoms with van der Waals surface area (Å²) in [6, 6.07) is 7.37. The molecular weight excluding hydrogens is 328 g/mol. The summed E-state index contributed by atoms with van der Waals surface area (Å²) in [4.78, 5) is 20.5. The molecule has 0 atom stereocenters. The predicted octanol–water partition coefficient (Wildman–Crippen LogP) is 2.40. The molecule has 134 valence electrons. The van der Waals surface area contributed by atoms with Crippen molar-refractivity contribution in [3.8, 4) is 0 Å². The van der Waals surface area contributed by atoms with Gasteiger partial charge in [-0.05, 0) is 49.6 Å². The fourth-order valence-corrected chi connectivity index (χ4v) is 2.71. The van der Waals surface area contributed by atoms with Crippen LogP contribution in [0.5, 0.6) is 0 Å². The molecule has 0 spiro atoms. The van der Waals surface area contributed by atoms with Crippen LogP contribution >= 0.6 is 0 Å². The van der Waals surface area contributed by atoms with E-state index in [2.05, 4.69) is 30.8 Å². The monoisotopic (exact) mass is 350 g/mol. The fourth-order valence-electron chi connectivity index (χ4n) is 2.71. The van der Waals surface area contributed by atoms with Gasteiger partial charge in [-0.25, -0.2) is 0 Å². The van der Waals surface area contributed by atoms with E-state index in [1.807, 2.05) is 32.0 Å². The first-order valence-electron chi connectivity index (χ1n) is 8.51. The normalized spacial score (nSPS) is 10.5. The fraction of sp³-hybridized carbons (Fsp3) is 0.263. The summed E-state index contributed by atoms with van der Waals surface area (Å²) < 4.78 is 0. The van der Waals surface area contributed by atoms with E-state index in [1.165, 1.54) is 5.56 Å². The van der Waals surface area contributed by atoms with Crippen LogP contribution in [0, 0.1) is 13.8 Å². The number of aromatic nitrogens is 4. The Balaban J connectivity index is 1.55. The Morgan fingerprint density at radius 3 is 2.85 bits per heavy atom. The molecule has 1 amide bonds. The van der Waals surface area contributed by atoms with E-state index in [0.29, 0.717) is 12.2 Å². The summed E-state index contributed by atoms with van der Waals surface area (Å²) in [7, 11) is 0. The molecule has 7 nitrogen and oxygen atoms in total. The van der Waals surface area contributed by atoms with Gasteiger partial charge in [-0.15, -0.1) is 0 Å². The van der Waals surface area contributed by atoms with Crippen LogP contribution in [0.25, 0.3) is 0 Å². The number of pyridine rings is 2. The SMILES string of the molecule is Cc1n[nH]c(C)c1CCNc1ccnc(C(=O)NCc2cccnc2)c1. The van der Waals surface area contributed by atoms with Crippen LogP contribution in [0.15, 0.2) is 42.9 Å². The van der Waals surface area contributed by atoms with E-state index in [-0.39, 0.29) is 5.91 Å². The zero-order valence-corrected chi connectivity index (χ0v) is 14.9. The molecule has 7 heteroatoms. The second-order valence-corrected chi connectivity index (χ2v) is 6.06. The van der Waals surface area contributed by atoms with Gasteiger partial charge in [0.25, 0.3) is 5.91 Å². The second-order valence-electron chi connectivity index (χ2n) is 6.06. The van der Waals surface area contributed by atoms with Crippen molar-refractivity contribution in [1.82, 2.24) is 25.5 Å². The third-order valence-corrected chi connectivity index (χ3v) is 4.15. The molecule has 0 radical (unpaired) electrons. The summed E-state index contributed by atoms with van der Waals surface area (Å²) in [6.07, 6.45) is 5.93. The highest BCUT2D eigenvalue weighted by atomic mass is 16.1. The van der Waals surface area contributed by atoms with Crippen molar-refractivity contribution >= 4 is 11.6 Å². The first kappa shape index (κ1) is 17.6. The number of hydrogen-bond acceptors (Lipinski definition) is 5. The molecule has 3 heterocycles. The number of hydrogen-bond donors (Lipinski definition) is 3. The number of rotatable bonds is 7. The molecule has 0 bridgehead atoms. The average Bonchev–Trinajstić information content (AvgIpc) is 2.99. The van der Waals surface area contributed by atoms with Crippen LogP contribution in [0.4, 0.5) is 5.69 Å². The molecule has 0 unspecified atom stereocenters. The maximum Gasteiger partial charge on any atom is 0.270 e. The van der Waals surface area contributed by atoms with Crippen molar-refractivity contribution in [1.29, 1.82) is 0 Å². The first-order valence-corrected chi connectivity index (χ1v) is 8.51. The Bertz CT molecular complexity index is 855. The molecule has 0 aromatic carbocycles. The number of carbonyl (C=O) groups excluding carboxylic acids is 1. The zero-order valence-electron chi connectivity index (χ0n) is 14.9. The number of nitrogens with zero attached hydrogens (tertiary/aromatic N) is 3. The average molecular weight is 350 g/mol. The van der Waals surface area contributed by atoms with Gasteiger partial charge < -0.3 is 10.6 Å². The van der Waals surface area contributed by atoms with Gasteiger partial charge in [0.15, 0.2) is 0 Å². The number of carbonyl (C=O) groups is 1. The van der Waals surface area contributed by atoms with Crippen molar-refractivity contribution in [2.75, 3.05) is 11.9 Å². The topological polar surface area (TPSA) is 95.6 Å². The summed E-state index contributed by atoms with van der Waals surface area (Å²) in [5, 5.41) is 13.4. The molecule has 0 aliphatic carbocycles. The summed E-state index contributed by atoms with van der Waals surface area (Å²) in [5.74, 6) is -0.209. The Kier molecular flexibility index (Phi) is 5.58. The van der Waals surface area contributed by atoms with E-state index < -0.39 is 0 Å². The number of aryl methyl sites for hydroxylation is 2. The van der Waals surface area contributed by atoms with E-state index >= 15 is 0 Å². The minimum atomic E-state index is -0.209. The number of anilines is 1. The Morgan fingerprint density at radius 1 is 1.23 bits per heavy atom. The van der Waals surface area contributed by atoms with Crippen LogP contribution in [0.3, 0.4) is 0 Å². The lowest BCUT2D eigenvalue weighted by molar-refractivity contribution is 0.0946. The van der Waals surface area contributed by atoms with Crippen LogP contribution in [-0.2, 0) is 13.0 Å². The van der Waals surface area contributed by atoms with Crippen LogP contribution in [-0.4, -0.2) is 32.6 Å². The molecule has 0 saturated heterocycles. The van der Waals surface area contributed by atoms with Gasteiger partial charge in [-0.3, -0.25) is 19.9 Å². The van der Waals surface area contributed by atoms with Gasteiger partial charge in [0, 0.05) is 43.1 Å². The smallest absolute Gasteiger partial charge is 0.270 e. The van der Waals surface area contributed by atoms with Crippen molar-refractivity contribution in [3.63, 3.8) is 0 Å². The van der Waals surface area contributed by atoms with E-state index in [0.717, 1.165) is 35.6 Å². The van der Waals surface area contributed by atoms with Gasteiger partial charge in [-0.2, -0.15) is 5.10 Å². The maximum absolute atomic E-state index is 12.3. The van der Waals surface area contributed by atoms with Gasteiger partial charge in [0.2, 0.25) is 0 Å². The molecular formula is C19H22N6O. The molecule has 0 fully saturated rings. The van der Waals surface area contributed by atoms with E-state index in [4.69, 9.17) is 0 Å². The minimum Gasteiger partial charge on any atom is -0.385 e. The third kappa shape index (κ3) is 4.44. The van der Waals surface area contributed by atoms with Crippen LogP contribution in [0.2, 0.25) is 0 Å². The lowest BCUT2D eigenvalue weighted by Gasteiger charge is -2.09. The van der Waals surface area contributed by atoms with Crippen LogP contribution in [0.1, 0.15) is 33.0 Å². The molecule has 3 aromatic heterocycles. The first-order chi connectivity index (χ1) is 12.6. The maximum atomic E-state index is 12.3. The Hall–Kier alpha value is -3.22. The summed E-state index contributed by atoms with van der Waals surface area (Å²) in [6.45, 7) is 5.19. The highest BCUT2D eigenvalue weighted by Gasteiger charge is 2.09. The zero-order chi connectivity index (χ0) is 18.4. The largest absolute Gasteiger partial charge is 0.385 e. The molecule has 26 heavy (non-hydrogen) atoms. The Labute approximate surface area is 152 Å². The summed E-state index contributed by atoms with van der Waals surface area (Å²) in [5.41, 5.74) is 5.53. The van der Waals surface area contributed by atoms with E-state index in [9.17, 15) is 4.79 Å². The number of aromatic amines is 1. The van der Waals surface area contributed by atoms with Gasteiger partial charge in [0.1, 0.15) is 5.69 Å². The lowest BCUT2D eigenvalue weighted by Crippen LogP contribution is -2.24. The number of amides is 1. The molecule has 0 saturated carbocycles. The highest BCUT2D eigenvalue weighted by Crippen LogP contribution is 2.12. The lowest BCUT2D eigenvalue weighted by atomic mass is 10.1. The molecule has 3 aromatic rings.